The quantitative estimate of drug-likeness (QED) is 0.621. The van der Waals surface area contributed by atoms with Gasteiger partial charge in [0.05, 0.1) is 6.34 Å². The summed E-state index contributed by atoms with van der Waals surface area (Å²) in [5, 5.41) is 2.75. The maximum Gasteiger partial charge on any atom is 0.407 e. The molecule has 0 aromatic carbocycles. The molecule has 1 saturated carbocycles. The average Bonchev–Trinajstić information content (AvgIpc) is 2.16. The van der Waals surface area contributed by atoms with Crippen LogP contribution in [0.3, 0.4) is 0 Å². The van der Waals surface area contributed by atoms with Crippen LogP contribution in [0.25, 0.3) is 0 Å². The van der Waals surface area contributed by atoms with Crippen LogP contribution < -0.4 is 5.32 Å². The van der Waals surface area contributed by atoms with E-state index in [1.165, 1.54) is 6.34 Å². The lowest BCUT2D eigenvalue weighted by molar-refractivity contribution is -0.124. The van der Waals surface area contributed by atoms with Crippen molar-refractivity contribution in [1.29, 1.82) is 0 Å². The molecule has 0 aromatic rings. The minimum atomic E-state index is -0.501. The van der Waals surface area contributed by atoms with Crippen molar-refractivity contribution in [3.8, 4) is 0 Å². The van der Waals surface area contributed by atoms with E-state index in [1.807, 2.05) is 34.9 Å². The van der Waals surface area contributed by atoms with Gasteiger partial charge in [-0.1, -0.05) is 0 Å². The van der Waals surface area contributed by atoms with Crippen LogP contribution in [0.2, 0.25) is 0 Å². The first-order valence-electron chi connectivity index (χ1n) is 6.41. The second-order valence-electron chi connectivity index (χ2n) is 6.06. The summed E-state index contributed by atoms with van der Waals surface area (Å²) in [5.74, 6) is -0.216. The molecular weight excluding hydrogens is 246 g/mol. The predicted octanol–water partition coefficient (Wildman–Crippen LogP) is 1.41. The van der Waals surface area contributed by atoms with Gasteiger partial charge in [0.1, 0.15) is 5.60 Å². The van der Waals surface area contributed by atoms with E-state index in [1.54, 1.807) is 4.90 Å². The van der Waals surface area contributed by atoms with Crippen LogP contribution in [0, 0.1) is 5.92 Å². The van der Waals surface area contributed by atoms with E-state index in [9.17, 15) is 9.59 Å². The van der Waals surface area contributed by atoms with Crippen LogP contribution in [0.4, 0.5) is 4.79 Å². The number of hydrogen-bond acceptors (Lipinski definition) is 3. The topological polar surface area (TPSA) is 71.0 Å². The van der Waals surface area contributed by atoms with Crippen molar-refractivity contribution in [2.24, 2.45) is 10.9 Å². The zero-order chi connectivity index (χ0) is 14.6. The van der Waals surface area contributed by atoms with Gasteiger partial charge in [-0.2, -0.15) is 0 Å². The number of ether oxygens (including phenoxy) is 1. The summed E-state index contributed by atoms with van der Waals surface area (Å²) >= 11 is 0. The maximum atomic E-state index is 11.6. The van der Waals surface area contributed by atoms with Crippen LogP contribution in [0.5, 0.6) is 0 Å². The lowest BCUT2D eigenvalue weighted by Gasteiger charge is -2.34. The Hall–Kier alpha value is -1.59. The van der Waals surface area contributed by atoms with Gasteiger partial charge in [-0.25, -0.2) is 9.79 Å². The maximum absolute atomic E-state index is 11.6. The number of carbonyl (C=O) groups excluding carboxylic acids is 2. The fourth-order valence-electron chi connectivity index (χ4n) is 1.69. The molecule has 0 aromatic heterocycles. The van der Waals surface area contributed by atoms with Gasteiger partial charge < -0.3 is 15.0 Å². The number of carbonyl (C=O) groups is 2. The molecule has 2 amide bonds. The fraction of sp³-hybridized carbons (Fsp3) is 0.769. The molecule has 0 radical (unpaired) electrons. The molecule has 0 spiro atoms. The number of nitrogens with one attached hydrogen (secondary N) is 1. The number of rotatable bonds is 3. The normalized spacial score (nSPS) is 22.8. The molecular formula is C13H23N3O3. The molecule has 0 unspecified atom stereocenters. The summed E-state index contributed by atoms with van der Waals surface area (Å²) in [6.07, 6.45) is 2.32. The molecule has 1 N–H and O–H groups in total. The smallest absolute Gasteiger partial charge is 0.407 e. The van der Waals surface area contributed by atoms with E-state index in [4.69, 9.17) is 4.74 Å². The second kappa shape index (κ2) is 6.04. The van der Waals surface area contributed by atoms with Crippen LogP contribution in [-0.4, -0.2) is 49.0 Å². The highest BCUT2D eigenvalue weighted by Gasteiger charge is 2.35. The summed E-state index contributed by atoms with van der Waals surface area (Å²) in [6.45, 7) is 5.45. The number of aliphatic imine (C=N–C) groups is 1. The minimum Gasteiger partial charge on any atom is -0.444 e. The van der Waals surface area contributed by atoms with Gasteiger partial charge in [-0.15, -0.1) is 0 Å². The van der Waals surface area contributed by atoms with Crippen LogP contribution >= 0.6 is 0 Å². The third-order valence-electron chi connectivity index (χ3n) is 2.62. The molecule has 0 heterocycles. The molecule has 1 fully saturated rings. The van der Waals surface area contributed by atoms with Crippen molar-refractivity contribution in [3.63, 3.8) is 0 Å². The van der Waals surface area contributed by atoms with Gasteiger partial charge in [0.2, 0.25) is 5.91 Å². The largest absolute Gasteiger partial charge is 0.444 e. The van der Waals surface area contributed by atoms with Crippen molar-refractivity contribution in [2.45, 2.75) is 45.3 Å². The van der Waals surface area contributed by atoms with Crippen LogP contribution in [-0.2, 0) is 9.53 Å². The highest BCUT2D eigenvalue weighted by Crippen LogP contribution is 2.28. The van der Waals surface area contributed by atoms with Gasteiger partial charge in [0.15, 0.2) is 0 Å². The van der Waals surface area contributed by atoms with E-state index in [2.05, 4.69) is 10.3 Å². The standard InChI is InChI=1S/C13H23N3O3/c1-13(2,3)19-12(18)15-10-6-9(7-10)11(17)14-8-16(4)5/h8-10H,6-7H2,1-5H3,(H,15,18)/b14-8+/t9-,10+. The molecule has 108 valence electrons. The van der Waals surface area contributed by atoms with Gasteiger partial charge >= 0.3 is 6.09 Å². The van der Waals surface area contributed by atoms with Crippen molar-refractivity contribution in [3.05, 3.63) is 0 Å². The Morgan fingerprint density at radius 1 is 1.32 bits per heavy atom. The number of nitrogens with zero attached hydrogens (tertiary/aromatic N) is 2. The van der Waals surface area contributed by atoms with E-state index < -0.39 is 11.7 Å². The summed E-state index contributed by atoms with van der Waals surface area (Å²) in [5.41, 5.74) is -0.501. The third kappa shape index (κ3) is 5.72. The molecule has 1 rings (SSSR count). The molecule has 0 bridgehead atoms. The molecule has 1 aliphatic rings. The Labute approximate surface area is 114 Å². The minimum absolute atomic E-state index is 0.0124. The SMILES string of the molecule is CN(C)/C=N/C(=O)[C@H]1C[C@@H](NC(=O)OC(C)(C)C)C1. The van der Waals surface area contributed by atoms with Crippen molar-refractivity contribution in [2.75, 3.05) is 14.1 Å². The van der Waals surface area contributed by atoms with Crippen molar-refractivity contribution in [1.82, 2.24) is 10.2 Å². The monoisotopic (exact) mass is 269 g/mol. The first-order valence-corrected chi connectivity index (χ1v) is 6.41. The zero-order valence-electron chi connectivity index (χ0n) is 12.3. The Morgan fingerprint density at radius 2 is 1.89 bits per heavy atom. The van der Waals surface area contributed by atoms with Crippen LogP contribution in [0.15, 0.2) is 4.99 Å². The van der Waals surface area contributed by atoms with Gasteiger partial charge in [-0.05, 0) is 33.6 Å². The Bertz CT molecular complexity index is 366. The second-order valence-corrected chi connectivity index (χ2v) is 6.06. The van der Waals surface area contributed by atoms with E-state index >= 15 is 0 Å². The predicted molar refractivity (Wildman–Crippen MR) is 73.1 cm³/mol. The highest BCUT2D eigenvalue weighted by atomic mass is 16.6. The van der Waals surface area contributed by atoms with Crippen molar-refractivity contribution < 1.29 is 14.3 Å². The summed E-state index contributed by atoms with van der Waals surface area (Å²) in [7, 11) is 3.62. The van der Waals surface area contributed by atoms with Crippen molar-refractivity contribution >= 4 is 18.3 Å². The number of hydrogen-bond donors (Lipinski definition) is 1. The first-order chi connectivity index (χ1) is 8.67. The molecule has 0 saturated heterocycles. The third-order valence-corrected chi connectivity index (χ3v) is 2.62. The Morgan fingerprint density at radius 3 is 2.37 bits per heavy atom. The molecule has 6 nitrogen and oxygen atoms in total. The number of alkyl carbamates (subject to hydrolysis) is 1. The van der Waals surface area contributed by atoms with Gasteiger partial charge in [-0.3, -0.25) is 4.79 Å². The van der Waals surface area contributed by atoms with E-state index in [-0.39, 0.29) is 17.9 Å². The summed E-state index contributed by atoms with van der Waals surface area (Å²) < 4.78 is 5.15. The molecule has 0 aliphatic heterocycles. The molecule has 6 heteroatoms. The molecule has 1 aliphatic carbocycles. The lowest BCUT2D eigenvalue weighted by atomic mass is 9.80. The Balaban J connectivity index is 2.27. The first kappa shape index (κ1) is 15.5. The fourth-order valence-corrected chi connectivity index (χ4v) is 1.69. The van der Waals surface area contributed by atoms with E-state index in [0.717, 1.165) is 0 Å². The molecule has 19 heavy (non-hydrogen) atoms. The average molecular weight is 269 g/mol. The van der Waals surface area contributed by atoms with Gasteiger partial charge in [0, 0.05) is 26.1 Å². The van der Waals surface area contributed by atoms with E-state index in [0.29, 0.717) is 12.8 Å². The summed E-state index contributed by atoms with van der Waals surface area (Å²) in [6, 6.07) is 0.0124. The lowest BCUT2D eigenvalue weighted by Crippen LogP contribution is -2.48. The highest BCUT2D eigenvalue weighted by molar-refractivity contribution is 5.87. The van der Waals surface area contributed by atoms with Crippen LogP contribution in [0.1, 0.15) is 33.6 Å². The number of amides is 2. The van der Waals surface area contributed by atoms with Gasteiger partial charge in [0.25, 0.3) is 0 Å². The zero-order valence-corrected chi connectivity index (χ0v) is 12.3. The Kier molecular flexibility index (Phi) is 4.91. The molecule has 0 atom stereocenters. The summed E-state index contributed by atoms with van der Waals surface area (Å²) in [4.78, 5) is 28.7.